The highest BCUT2D eigenvalue weighted by Crippen LogP contribution is 2.08. The maximum atomic E-state index is 10.2. The lowest BCUT2D eigenvalue weighted by molar-refractivity contribution is -0.385. The minimum Gasteiger partial charge on any atom is -0.397 e. The van der Waals surface area contributed by atoms with E-state index in [9.17, 15) is 10.1 Å². The Morgan fingerprint density at radius 1 is 1.05 bits per heavy atom. The van der Waals surface area contributed by atoms with Crippen LogP contribution in [0, 0.1) is 32.8 Å². The molecule has 22 heavy (non-hydrogen) atoms. The summed E-state index contributed by atoms with van der Waals surface area (Å²) in [6.07, 6.45) is 3.22. The van der Waals surface area contributed by atoms with Crippen LogP contribution < -0.4 is 5.73 Å². The van der Waals surface area contributed by atoms with E-state index < -0.39 is 4.92 Å². The number of aromatic nitrogens is 2. The predicted molar refractivity (Wildman–Crippen MR) is 78.2 cm³/mol. The summed E-state index contributed by atoms with van der Waals surface area (Å²) in [6.45, 7) is 0. The van der Waals surface area contributed by atoms with E-state index in [2.05, 4.69) is 9.97 Å². The summed E-state index contributed by atoms with van der Waals surface area (Å²) < 4.78 is 0. The third kappa shape index (κ3) is 5.63. The van der Waals surface area contributed by atoms with Gasteiger partial charge in [0.1, 0.15) is 6.20 Å². The molecular weight excluding hydrogens is 284 g/mol. The van der Waals surface area contributed by atoms with Gasteiger partial charge >= 0.3 is 0 Å². The van der Waals surface area contributed by atoms with Gasteiger partial charge in [0.25, 0.3) is 5.69 Å². The van der Waals surface area contributed by atoms with Crippen LogP contribution in [0.25, 0.3) is 0 Å². The van der Waals surface area contributed by atoms with Crippen molar-refractivity contribution < 1.29 is 4.92 Å². The third-order valence-corrected chi connectivity index (χ3v) is 2.39. The molecule has 2 heterocycles. The predicted octanol–water partition coefficient (Wildman–Crippen LogP) is 1.79. The second kappa shape index (κ2) is 8.61. The normalized spacial score (nSPS) is 8.82. The molecular formula is C14H12N6O2. The molecule has 0 radical (unpaired) electrons. The van der Waals surface area contributed by atoms with Gasteiger partial charge in [0.2, 0.25) is 0 Å². The minimum absolute atomic E-state index is 0.0586. The van der Waals surface area contributed by atoms with Crippen molar-refractivity contribution in [3.05, 3.63) is 58.2 Å². The second-order valence-corrected chi connectivity index (χ2v) is 4.02. The molecule has 0 aliphatic rings. The van der Waals surface area contributed by atoms with E-state index in [0.29, 0.717) is 17.8 Å². The minimum atomic E-state index is -0.525. The highest BCUT2D eigenvalue weighted by molar-refractivity contribution is 5.34. The van der Waals surface area contributed by atoms with E-state index in [-0.39, 0.29) is 12.1 Å². The SMILES string of the molecule is N#CCc1ccc(N)cn1.N#CCc1ccc([N+](=O)[O-])cn1. The molecule has 110 valence electrons. The van der Waals surface area contributed by atoms with Crippen molar-refractivity contribution >= 4 is 11.4 Å². The van der Waals surface area contributed by atoms with Gasteiger partial charge in [0, 0.05) is 6.07 Å². The van der Waals surface area contributed by atoms with Gasteiger partial charge in [-0.2, -0.15) is 10.5 Å². The molecule has 0 spiro atoms. The maximum Gasteiger partial charge on any atom is 0.287 e. The average molecular weight is 296 g/mol. The van der Waals surface area contributed by atoms with Crippen molar-refractivity contribution in [2.24, 2.45) is 0 Å². The summed E-state index contributed by atoms with van der Waals surface area (Å²) in [4.78, 5) is 17.3. The van der Waals surface area contributed by atoms with Crippen molar-refractivity contribution in [2.45, 2.75) is 12.8 Å². The van der Waals surface area contributed by atoms with Gasteiger partial charge < -0.3 is 5.73 Å². The average Bonchev–Trinajstić information content (AvgIpc) is 2.51. The molecule has 2 rings (SSSR count). The fourth-order valence-electron chi connectivity index (χ4n) is 1.33. The molecule has 8 nitrogen and oxygen atoms in total. The first-order valence-electron chi connectivity index (χ1n) is 6.10. The van der Waals surface area contributed by atoms with Crippen LogP contribution in [0.3, 0.4) is 0 Å². The van der Waals surface area contributed by atoms with Gasteiger partial charge in [-0.05, 0) is 18.2 Å². The molecule has 0 saturated heterocycles. The number of nitrogens with two attached hydrogens (primary N) is 1. The topological polar surface area (TPSA) is 143 Å². The molecule has 0 bridgehead atoms. The van der Waals surface area contributed by atoms with E-state index in [0.717, 1.165) is 11.9 Å². The quantitative estimate of drug-likeness (QED) is 0.671. The van der Waals surface area contributed by atoms with E-state index in [1.54, 1.807) is 18.3 Å². The number of hydrogen-bond donors (Lipinski definition) is 1. The number of nitrogens with zero attached hydrogens (tertiary/aromatic N) is 5. The Morgan fingerprint density at radius 2 is 1.59 bits per heavy atom. The van der Waals surface area contributed by atoms with Crippen molar-refractivity contribution in [3.8, 4) is 12.1 Å². The van der Waals surface area contributed by atoms with E-state index in [4.69, 9.17) is 16.3 Å². The van der Waals surface area contributed by atoms with E-state index >= 15 is 0 Å². The van der Waals surface area contributed by atoms with Gasteiger partial charge in [-0.3, -0.25) is 20.1 Å². The molecule has 0 aromatic carbocycles. The zero-order chi connectivity index (χ0) is 16.4. The fourth-order valence-corrected chi connectivity index (χ4v) is 1.33. The van der Waals surface area contributed by atoms with Gasteiger partial charge in [0.15, 0.2) is 0 Å². The lowest BCUT2D eigenvalue weighted by Gasteiger charge is -1.92. The first-order chi connectivity index (χ1) is 10.6. The monoisotopic (exact) mass is 296 g/mol. The summed E-state index contributed by atoms with van der Waals surface area (Å²) >= 11 is 0. The fraction of sp³-hybridized carbons (Fsp3) is 0.143. The molecule has 0 aliphatic heterocycles. The molecule has 0 atom stereocenters. The summed E-state index contributed by atoms with van der Waals surface area (Å²) in [5, 5.41) is 26.7. The Hall–Kier alpha value is -3.52. The van der Waals surface area contributed by atoms with Gasteiger partial charge in [-0.25, -0.2) is 0 Å². The number of rotatable bonds is 3. The van der Waals surface area contributed by atoms with Crippen LogP contribution in [0.1, 0.15) is 11.4 Å². The number of pyridine rings is 2. The number of hydrogen-bond acceptors (Lipinski definition) is 7. The third-order valence-electron chi connectivity index (χ3n) is 2.39. The molecule has 8 heteroatoms. The number of anilines is 1. The van der Waals surface area contributed by atoms with Crippen molar-refractivity contribution in [1.29, 1.82) is 10.5 Å². The van der Waals surface area contributed by atoms with Crippen LogP contribution >= 0.6 is 0 Å². The Balaban J connectivity index is 0.000000224. The highest BCUT2D eigenvalue weighted by Gasteiger charge is 2.04. The molecule has 0 saturated carbocycles. The molecule has 0 fully saturated rings. The van der Waals surface area contributed by atoms with Crippen LogP contribution in [0.2, 0.25) is 0 Å². The van der Waals surface area contributed by atoms with Crippen LogP contribution in [0.5, 0.6) is 0 Å². The first-order valence-corrected chi connectivity index (χ1v) is 6.10. The number of nitro groups is 1. The lowest BCUT2D eigenvalue weighted by Crippen LogP contribution is -1.91. The van der Waals surface area contributed by atoms with E-state index in [1.807, 2.05) is 12.1 Å². The van der Waals surface area contributed by atoms with Gasteiger partial charge in [-0.1, -0.05) is 0 Å². The van der Waals surface area contributed by atoms with Crippen LogP contribution in [0.15, 0.2) is 36.7 Å². The molecule has 0 aliphatic carbocycles. The number of nitriles is 2. The number of nitrogen functional groups attached to an aromatic ring is 1. The molecule has 2 N–H and O–H groups in total. The standard InChI is InChI=1S/C7H5N3O2.C7H7N3/c8-4-3-6-1-2-7(5-9-6)10(11)12;8-4-3-7-2-1-6(9)5-10-7/h1-2,5H,3H2;1-2,5H,3,9H2. The Bertz CT molecular complexity index is 698. The largest absolute Gasteiger partial charge is 0.397 e. The zero-order valence-electron chi connectivity index (χ0n) is 11.5. The Morgan fingerprint density at radius 3 is 1.95 bits per heavy atom. The highest BCUT2D eigenvalue weighted by atomic mass is 16.6. The Labute approximate surface area is 126 Å². The van der Waals surface area contributed by atoms with Crippen LogP contribution in [-0.4, -0.2) is 14.9 Å². The first kappa shape index (κ1) is 16.5. The van der Waals surface area contributed by atoms with E-state index in [1.165, 1.54) is 12.1 Å². The van der Waals surface area contributed by atoms with Gasteiger partial charge in [-0.15, -0.1) is 0 Å². The lowest BCUT2D eigenvalue weighted by atomic mass is 10.3. The van der Waals surface area contributed by atoms with Gasteiger partial charge in [0.05, 0.1) is 53.2 Å². The van der Waals surface area contributed by atoms with Crippen molar-refractivity contribution in [3.63, 3.8) is 0 Å². The second-order valence-electron chi connectivity index (χ2n) is 4.02. The molecule has 2 aromatic heterocycles. The van der Waals surface area contributed by atoms with Crippen molar-refractivity contribution in [1.82, 2.24) is 9.97 Å². The summed E-state index contributed by atoms with van der Waals surface area (Å²) in [6, 6.07) is 10.2. The van der Waals surface area contributed by atoms with Crippen LogP contribution in [0.4, 0.5) is 11.4 Å². The maximum absolute atomic E-state index is 10.2. The molecule has 0 amide bonds. The Kier molecular flexibility index (Phi) is 6.47. The summed E-state index contributed by atoms with van der Waals surface area (Å²) in [5.41, 5.74) is 7.25. The van der Waals surface area contributed by atoms with Crippen molar-refractivity contribution in [2.75, 3.05) is 5.73 Å². The summed E-state index contributed by atoms with van der Waals surface area (Å²) in [7, 11) is 0. The summed E-state index contributed by atoms with van der Waals surface area (Å²) in [5.74, 6) is 0. The molecule has 2 aromatic rings. The smallest absolute Gasteiger partial charge is 0.287 e. The van der Waals surface area contributed by atoms with Crippen LogP contribution in [-0.2, 0) is 12.8 Å². The molecule has 0 unspecified atom stereocenters. The zero-order valence-corrected chi connectivity index (χ0v) is 11.5.